The molecule has 0 unspecified atom stereocenters. The fourth-order valence-corrected chi connectivity index (χ4v) is 0.323. The van der Waals surface area contributed by atoms with Gasteiger partial charge in [0.2, 0.25) is 4.45 Å². The van der Waals surface area contributed by atoms with E-state index in [0.29, 0.717) is 0 Å². The summed E-state index contributed by atoms with van der Waals surface area (Å²) in [7, 11) is 0. The van der Waals surface area contributed by atoms with Crippen LogP contribution < -0.4 is 0 Å². The summed E-state index contributed by atoms with van der Waals surface area (Å²) in [4.78, 5) is 3.19. The van der Waals surface area contributed by atoms with Gasteiger partial charge in [0.25, 0.3) is 0 Å². The second-order valence-electron chi connectivity index (χ2n) is 0.456. The molecule has 0 atom stereocenters. The second-order valence-corrected chi connectivity index (χ2v) is 1.61. The van der Waals surface area contributed by atoms with E-state index >= 15 is 0 Å². The highest BCUT2D eigenvalue weighted by Gasteiger charge is 1.72. The monoisotopic (exact) mass is 137 g/mol. The molecule has 0 fully saturated rings. The highest BCUT2D eigenvalue weighted by atomic mass is 35.5. The number of thiocarbonyl (C=S) groups is 2. The number of hydrogen-bond acceptors (Lipinski definition) is 2. The topological polar surface area (TPSA) is 12.4 Å². The van der Waals surface area contributed by atoms with Crippen LogP contribution in [0.3, 0.4) is 0 Å². The van der Waals surface area contributed by atoms with Gasteiger partial charge in [-0.2, -0.15) is 4.99 Å². The van der Waals surface area contributed by atoms with Crippen molar-refractivity contribution in [1.29, 1.82) is 0 Å². The molecule has 32 valence electrons. The SMILES string of the molecule is S=C=NC(=S)Cl. The van der Waals surface area contributed by atoms with E-state index in [1.807, 2.05) is 5.16 Å². The number of rotatable bonds is 0. The zero-order valence-corrected chi connectivity index (χ0v) is 5.03. The van der Waals surface area contributed by atoms with Crippen molar-refractivity contribution < 1.29 is 0 Å². The van der Waals surface area contributed by atoms with E-state index < -0.39 is 0 Å². The average molecular weight is 138 g/mol. The molecule has 0 radical (unpaired) electrons. The first-order valence-electron chi connectivity index (χ1n) is 1.04. The van der Waals surface area contributed by atoms with Crippen molar-refractivity contribution in [3.8, 4) is 0 Å². The smallest absolute Gasteiger partial charge is 0.170 e. The quantitative estimate of drug-likeness (QED) is 0.218. The number of nitrogens with zero attached hydrogens (tertiary/aromatic N) is 1. The first-order chi connectivity index (χ1) is 2.77. The Hall–Kier alpha value is 0.180. The number of halogens is 1. The zero-order chi connectivity index (χ0) is 4.99. The average Bonchev–Trinajstić information content (AvgIpc) is 1.35. The maximum Gasteiger partial charge on any atom is 0.203 e. The lowest BCUT2D eigenvalue weighted by molar-refractivity contribution is 1.90. The molecule has 0 heterocycles. The van der Waals surface area contributed by atoms with Crippen LogP contribution in [0.15, 0.2) is 4.99 Å². The molecule has 0 aliphatic carbocycles. The third-order valence-electron chi connectivity index (χ3n) is 0.134. The van der Waals surface area contributed by atoms with Crippen molar-refractivity contribution in [3.63, 3.8) is 0 Å². The summed E-state index contributed by atoms with van der Waals surface area (Å²) in [6.45, 7) is 0. The van der Waals surface area contributed by atoms with Gasteiger partial charge < -0.3 is 0 Å². The summed E-state index contributed by atoms with van der Waals surface area (Å²) >= 11 is 13.4. The number of isothiocyanates is 1. The van der Waals surface area contributed by atoms with E-state index in [1.165, 1.54) is 0 Å². The molecule has 0 spiro atoms. The molecule has 0 aromatic rings. The van der Waals surface area contributed by atoms with Crippen molar-refractivity contribution in [3.05, 3.63) is 0 Å². The minimum absolute atomic E-state index is 0.00463. The maximum atomic E-state index is 5.01. The lowest BCUT2D eigenvalue weighted by Gasteiger charge is -1.64. The molecule has 0 aliphatic rings. The second kappa shape index (κ2) is 3.37. The molecule has 1 nitrogen and oxygen atoms in total. The Bertz CT molecular complexity index is 104. The Kier molecular flexibility index (Phi) is 3.47. The van der Waals surface area contributed by atoms with Crippen molar-refractivity contribution in [2.45, 2.75) is 0 Å². The maximum absolute atomic E-state index is 5.01. The minimum Gasteiger partial charge on any atom is -0.170 e. The standard InChI is InChI=1S/C2ClNS2/c3-2(6)4-1-5. The van der Waals surface area contributed by atoms with Gasteiger partial charge in [-0.15, -0.1) is 0 Å². The van der Waals surface area contributed by atoms with Gasteiger partial charge in [-0.25, -0.2) is 0 Å². The number of aliphatic imine (C=N–C) groups is 1. The van der Waals surface area contributed by atoms with Crippen molar-refractivity contribution in [2.24, 2.45) is 4.99 Å². The molecule has 0 amide bonds. The van der Waals surface area contributed by atoms with Crippen LogP contribution in [0.25, 0.3) is 0 Å². The van der Waals surface area contributed by atoms with Gasteiger partial charge >= 0.3 is 0 Å². The van der Waals surface area contributed by atoms with Crippen LogP contribution in [0, 0.1) is 0 Å². The summed E-state index contributed by atoms with van der Waals surface area (Å²) in [5.41, 5.74) is 0. The normalized spacial score (nSPS) is 6.17. The van der Waals surface area contributed by atoms with E-state index in [4.69, 9.17) is 11.6 Å². The molecule has 0 rings (SSSR count). The molecular formula is C2ClNS2. The van der Waals surface area contributed by atoms with E-state index in [9.17, 15) is 0 Å². The zero-order valence-electron chi connectivity index (χ0n) is 2.64. The Labute approximate surface area is 51.0 Å². The number of hydrogen-bond donors (Lipinski definition) is 0. The molecule has 4 heteroatoms. The lowest BCUT2D eigenvalue weighted by Crippen LogP contribution is -1.64. The molecular weight excluding hydrogens is 138 g/mol. The van der Waals surface area contributed by atoms with Crippen LogP contribution >= 0.6 is 36.0 Å². The van der Waals surface area contributed by atoms with Crippen LogP contribution in [0.1, 0.15) is 0 Å². The van der Waals surface area contributed by atoms with Gasteiger partial charge in [0.05, 0.1) is 5.16 Å². The Balaban J connectivity index is 3.60. The van der Waals surface area contributed by atoms with E-state index in [1.54, 1.807) is 0 Å². The van der Waals surface area contributed by atoms with Crippen LogP contribution in [-0.4, -0.2) is 9.61 Å². The highest BCUT2D eigenvalue weighted by molar-refractivity contribution is 7.83. The summed E-state index contributed by atoms with van der Waals surface area (Å²) in [5, 5.41) is 2.00. The van der Waals surface area contributed by atoms with Crippen molar-refractivity contribution >= 4 is 45.6 Å². The predicted molar refractivity (Wildman–Crippen MR) is 33.5 cm³/mol. The Morgan fingerprint density at radius 3 is 2.33 bits per heavy atom. The minimum atomic E-state index is 0.00463. The van der Waals surface area contributed by atoms with Gasteiger partial charge in [0.15, 0.2) is 0 Å². The van der Waals surface area contributed by atoms with Crippen LogP contribution in [-0.2, 0) is 0 Å². The van der Waals surface area contributed by atoms with Gasteiger partial charge in [-0.1, -0.05) is 0 Å². The van der Waals surface area contributed by atoms with Gasteiger partial charge in [-0.05, 0) is 36.0 Å². The van der Waals surface area contributed by atoms with Crippen LogP contribution in [0.2, 0.25) is 0 Å². The first kappa shape index (κ1) is 6.18. The molecule has 0 saturated carbocycles. The molecule has 0 aliphatic heterocycles. The lowest BCUT2D eigenvalue weighted by atomic mass is 11.4. The Morgan fingerprint density at radius 2 is 2.33 bits per heavy atom. The van der Waals surface area contributed by atoms with Crippen molar-refractivity contribution in [1.82, 2.24) is 0 Å². The summed E-state index contributed by atoms with van der Waals surface area (Å²) in [6, 6.07) is 0. The van der Waals surface area contributed by atoms with E-state index in [-0.39, 0.29) is 4.45 Å². The third-order valence-corrected chi connectivity index (χ3v) is 0.401. The van der Waals surface area contributed by atoms with E-state index in [0.717, 1.165) is 0 Å². The van der Waals surface area contributed by atoms with Gasteiger partial charge in [0, 0.05) is 0 Å². The molecule has 0 aromatic carbocycles. The molecule has 0 saturated heterocycles. The molecule has 6 heavy (non-hydrogen) atoms. The summed E-state index contributed by atoms with van der Waals surface area (Å²) < 4.78 is 0.00463. The third kappa shape index (κ3) is 4.18. The summed E-state index contributed by atoms with van der Waals surface area (Å²) in [6.07, 6.45) is 0. The molecule has 0 aromatic heterocycles. The summed E-state index contributed by atoms with van der Waals surface area (Å²) in [5.74, 6) is 0. The van der Waals surface area contributed by atoms with Gasteiger partial charge in [-0.3, -0.25) is 0 Å². The molecule has 0 N–H and O–H groups in total. The van der Waals surface area contributed by atoms with Gasteiger partial charge in [0.1, 0.15) is 0 Å². The van der Waals surface area contributed by atoms with Crippen LogP contribution in [0.5, 0.6) is 0 Å². The highest BCUT2D eigenvalue weighted by Crippen LogP contribution is 1.81. The predicted octanol–water partition coefficient (Wildman–Crippen LogP) is 1.61. The first-order valence-corrected chi connectivity index (χ1v) is 2.24. The largest absolute Gasteiger partial charge is 0.203 e. The molecule has 0 bridgehead atoms. The Morgan fingerprint density at radius 1 is 1.83 bits per heavy atom. The van der Waals surface area contributed by atoms with Crippen molar-refractivity contribution in [2.75, 3.05) is 0 Å². The van der Waals surface area contributed by atoms with E-state index in [2.05, 4.69) is 29.4 Å². The fourth-order valence-electron chi connectivity index (χ4n) is 0.0359. The fraction of sp³-hybridized carbons (Fsp3) is 0. The van der Waals surface area contributed by atoms with Crippen LogP contribution in [0.4, 0.5) is 0 Å².